The molecule has 0 bridgehead atoms. The Labute approximate surface area is 157 Å². The molecule has 27 heavy (non-hydrogen) atoms. The fraction of sp³-hybridized carbons (Fsp3) is 0.579. The minimum absolute atomic E-state index is 0.0719. The molecule has 4 atom stereocenters. The molecule has 2 heterocycles. The summed E-state index contributed by atoms with van der Waals surface area (Å²) in [7, 11) is 0. The van der Waals surface area contributed by atoms with Crippen LogP contribution in [0, 0.1) is 17.7 Å². The molecule has 1 saturated carbocycles. The molecule has 1 aliphatic carbocycles. The number of fused-ring (bicyclic) bond motifs is 1. The lowest BCUT2D eigenvalue weighted by Gasteiger charge is -2.47. The standard InChI is InChI=1S/C19H24FN5O2/c1-2-14-17(15-9-11-27-18(14)15)21-16(26)4-3-10-25-23-19(22-24-25)12-5-7-13(20)8-6-12/h5-8,14-15,17-18H,2-4,9-11H2,1H3,(H,21,26)/t14-,15+,17-,18-/m0/s1. The molecule has 8 heteroatoms. The number of benzene rings is 1. The van der Waals surface area contributed by atoms with Crippen LogP contribution in [0.5, 0.6) is 0 Å². The number of halogens is 1. The first-order chi connectivity index (χ1) is 13.2. The van der Waals surface area contributed by atoms with Crippen molar-refractivity contribution in [2.24, 2.45) is 11.8 Å². The second kappa shape index (κ2) is 7.72. The zero-order chi connectivity index (χ0) is 18.8. The zero-order valence-corrected chi connectivity index (χ0v) is 15.3. The van der Waals surface area contributed by atoms with E-state index in [2.05, 4.69) is 27.7 Å². The Hall–Kier alpha value is -2.35. The number of nitrogens with zero attached hydrogens (tertiary/aromatic N) is 4. The molecular formula is C19H24FN5O2. The molecular weight excluding hydrogens is 349 g/mol. The molecule has 2 aromatic rings. The minimum Gasteiger partial charge on any atom is -0.377 e. The third kappa shape index (κ3) is 3.71. The first kappa shape index (κ1) is 18.0. The lowest BCUT2D eigenvalue weighted by atomic mass is 9.65. The Morgan fingerprint density at radius 2 is 2.19 bits per heavy atom. The van der Waals surface area contributed by atoms with Crippen LogP contribution in [0.15, 0.2) is 24.3 Å². The number of amides is 1. The third-order valence-corrected chi connectivity index (χ3v) is 5.64. The molecule has 1 aromatic heterocycles. The second-order valence-corrected chi connectivity index (χ2v) is 7.27. The van der Waals surface area contributed by atoms with Crippen LogP contribution >= 0.6 is 0 Å². The summed E-state index contributed by atoms with van der Waals surface area (Å²) in [5, 5.41) is 15.5. The summed E-state index contributed by atoms with van der Waals surface area (Å²) in [5.74, 6) is 1.14. The molecule has 0 unspecified atom stereocenters. The molecule has 1 N–H and O–H groups in total. The number of nitrogens with one attached hydrogen (secondary N) is 1. The SMILES string of the molecule is CC[C@H]1[C@H](NC(=O)CCCn2nnc(-c3ccc(F)cc3)n2)[C@H]2CCO[C@H]21. The summed E-state index contributed by atoms with van der Waals surface area (Å²) >= 11 is 0. The Morgan fingerprint density at radius 3 is 2.96 bits per heavy atom. The Balaban J connectivity index is 1.24. The highest BCUT2D eigenvalue weighted by Gasteiger charge is 2.53. The van der Waals surface area contributed by atoms with Gasteiger partial charge in [-0.25, -0.2) is 4.39 Å². The molecule has 7 nitrogen and oxygen atoms in total. The highest BCUT2D eigenvalue weighted by molar-refractivity contribution is 5.76. The minimum atomic E-state index is -0.301. The summed E-state index contributed by atoms with van der Waals surface area (Å²) in [6.07, 6.45) is 3.48. The predicted molar refractivity (Wildman–Crippen MR) is 96.0 cm³/mol. The number of carbonyl (C=O) groups is 1. The van der Waals surface area contributed by atoms with Crippen LogP contribution < -0.4 is 5.32 Å². The van der Waals surface area contributed by atoms with Gasteiger partial charge in [-0.15, -0.1) is 10.2 Å². The van der Waals surface area contributed by atoms with E-state index in [1.54, 1.807) is 12.1 Å². The molecule has 4 rings (SSSR count). The van der Waals surface area contributed by atoms with E-state index in [1.165, 1.54) is 16.9 Å². The van der Waals surface area contributed by atoms with Gasteiger partial charge in [0, 0.05) is 36.5 Å². The molecule has 1 aliphatic heterocycles. The molecule has 2 aliphatic rings. The van der Waals surface area contributed by atoms with E-state index in [-0.39, 0.29) is 17.8 Å². The number of rotatable bonds is 7. The molecule has 0 spiro atoms. The number of hydrogen-bond acceptors (Lipinski definition) is 5. The van der Waals surface area contributed by atoms with Gasteiger partial charge in [0.2, 0.25) is 11.7 Å². The van der Waals surface area contributed by atoms with Gasteiger partial charge < -0.3 is 10.1 Å². The first-order valence-corrected chi connectivity index (χ1v) is 9.60. The summed E-state index contributed by atoms with van der Waals surface area (Å²) in [4.78, 5) is 13.8. The van der Waals surface area contributed by atoms with Crippen molar-refractivity contribution in [1.82, 2.24) is 25.5 Å². The zero-order valence-electron chi connectivity index (χ0n) is 15.3. The highest BCUT2D eigenvalue weighted by atomic mass is 19.1. The molecule has 2 fully saturated rings. The van der Waals surface area contributed by atoms with Gasteiger partial charge in [-0.1, -0.05) is 6.92 Å². The quantitative estimate of drug-likeness (QED) is 0.805. The molecule has 144 valence electrons. The second-order valence-electron chi connectivity index (χ2n) is 7.27. The first-order valence-electron chi connectivity index (χ1n) is 9.60. The van der Waals surface area contributed by atoms with Gasteiger partial charge in [-0.3, -0.25) is 4.79 Å². The van der Waals surface area contributed by atoms with E-state index >= 15 is 0 Å². The van der Waals surface area contributed by atoms with Gasteiger partial charge >= 0.3 is 0 Å². The van der Waals surface area contributed by atoms with Crippen molar-refractivity contribution >= 4 is 5.91 Å². The molecule has 0 radical (unpaired) electrons. The molecule has 1 aromatic carbocycles. The maximum Gasteiger partial charge on any atom is 0.220 e. The van der Waals surface area contributed by atoms with Crippen LogP contribution in [0.25, 0.3) is 11.4 Å². The number of tetrazole rings is 1. The van der Waals surface area contributed by atoms with E-state index in [1.807, 2.05) is 0 Å². The van der Waals surface area contributed by atoms with Crippen molar-refractivity contribution in [3.05, 3.63) is 30.1 Å². The fourth-order valence-electron chi connectivity index (χ4n) is 4.22. The van der Waals surface area contributed by atoms with E-state index in [0.29, 0.717) is 48.7 Å². The van der Waals surface area contributed by atoms with Gasteiger partial charge in [-0.2, -0.15) is 4.80 Å². The van der Waals surface area contributed by atoms with Gasteiger partial charge in [-0.05, 0) is 48.7 Å². The van der Waals surface area contributed by atoms with Crippen LogP contribution in [0.3, 0.4) is 0 Å². The van der Waals surface area contributed by atoms with Crippen LogP contribution in [0.4, 0.5) is 4.39 Å². The number of aryl methyl sites for hydroxylation is 1. The lowest BCUT2D eigenvalue weighted by molar-refractivity contribution is -0.127. The normalized spacial score (nSPS) is 26.4. The van der Waals surface area contributed by atoms with Crippen molar-refractivity contribution in [1.29, 1.82) is 0 Å². The van der Waals surface area contributed by atoms with E-state index in [9.17, 15) is 9.18 Å². The van der Waals surface area contributed by atoms with Crippen molar-refractivity contribution in [2.75, 3.05) is 6.61 Å². The number of aromatic nitrogens is 4. The average molecular weight is 373 g/mol. The van der Waals surface area contributed by atoms with E-state index < -0.39 is 0 Å². The molecule has 1 saturated heterocycles. The van der Waals surface area contributed by atoms with E-state index in [0.717, 1.165) is 19.4 Å². The predicted octanol–water partition coefficient (Wildman–Crippen LogP) is 2.19. The monoisotopic (exact) mass is 373 g/mol. The third-order valence-electron chi connectivity index (χ3n) is 5.64. The van der Waals surface area contributed by atoms with Gasteiger partial charge in [0.05, 0.1) is 12.6 Å². The van der Waals surface area contributed by atoms with Crippen LogP contribution in [0.2, 0.25) is 0 Å². The summed E-state index contributed by atoms with van der Waals surface area (Å²) < 4.78 is 18.7. The van der Waals surface area contributed by atoms with E-state index in [4.69, 9.17) is 4.74 Å². The topological polar surface area (TPSA) is 81.9 Å². The number of carbonyl (C=O) groups excluding carboxylic acids is 1. The van der Waals surface area contributed by atoms with Crippen LogP contribution in [-0.2, 0) is 16.1 Å². The van der Waals surface area contributed by atoms with Crippen molar-refractivity contribution in [2.45, 2.75) is 51.3 Å². The Kier molecular flexibility index (Phi) is 5.15. The largest absolute Gasteiger partial charge is 0.377 e. The summed E-state index contributed by atoms with van der Waals surface area (Å²) in [6, 6.07) is 6.22. The van der Waals surface area contributed by atoms with Crippen molar-refractivity contribution in [3.63, 3.8) is 0 Å². The van der Waals surface area contributed by atoms with Gasteiger partial charge in [0.1, 0.15) is 5.82 Å². The maximum atomic E-state index is 13.0. The molecule has 1 amide bonds. The fourth-order valence-corrected chi connectivity index (χ4v) is 4.22. The maximum absolute atomic E-state index is 13.0. The van der Waals surface area contributed by atoms with Crippen molar-refractivity contribution in [3.8, 4) is 11.4 Å². The lowest BCUT2D eigenvalue weighted by Crippen LogP contribution is -2.61. The van der Waals surface area contributed by atoms with Gasteiger partial charge in [0.25, 0.3) is 0 Å². The summed E-state index contributed by atoms with van der Waals surface area (Å²) in [6.45, 7) is 3.47. The number of hydrogen-bond donors (Lipinski definition) is 1. The summed E-state index contributed by atoms with van der Waals surface area (Å²) in [5.41, 5.74) is 0.712. The Morgan fingerprint density at radius 1 is 1.37 bits per heavy atom. The highest BCUT2D eigenvalue weighted by Crippen LogP contribution is 2.45. The average Bonchev–Trinajstić information content (AvgIpc) is 3.29. The number of ether oxygens (including phenoxy) is 1. The van der Waals surface area contributed by atoms with Crippen molar-refractivity contribution < 1.29 is 13.9 Å². The Bertz CT molecular complexity index is 794. The van der Waals surface area contributed by atoms with Gasteiger partial charge in [0.15, 0.2) is 0 Å². The van der Waals surface area contributed by atoms with Crippen LogP contribution in [0.1, 0.15) is 32.6 Å². The van der Waals surface area contributed by atoms with Crippen LogP contribution in [-0.4, -0.2) is 44.9 Å². The smallest absolute Gasteiger partial charge is 0.220 e.